The maximum atomic E-state index is 13.4. The highest BCUT2D eigenvalue weighted by Crippen LogP contribution is 2.27. The Bertz CT molecular complexity index is 770. The molecule has 6 nitrogen and oxygen atoms in total. The Morgan fingerprint density at radius 1 is 1.50 bits per heavy atom. The van der Waals surface area contributed by atoms with Crippen molar-refractivity contribution in [2.75, 3.05) is 4.72 Å². The van der Waals surface area contributed by atoms with Gasteiger partial charge in [-0.05, 0) is 19.1 Å². The number of carboxylic acid groups (broad SMARTS) is 1. The Morgan fingerprint density at radius 2 is 2.20 bits per heavy atom. The maximum Gasteiger partial charge on any atom is 0.345 e. The molecule has 2 N–H and O–H groups in total. The molecule has 0 fully saturated rings. The van der Waals surface area contributed by atoms with Gasteiger partial charge in [-0.1, -0.05) is 0 Å². The lowest BCUT2D eigenvalue weighted by Crippen LogP contribution is -2.14. The van der Waals surface area contributed by atoms with Crippen molar-refractivity contribution in [3.8, 4) is 0 Å². The summed E-state index contributed by atoms with van der Waals surface area (Å²) < 4.78 is 39.7. The molecule has 0 bridgehead atoms. The molecule has 20 heavy (non-hydrogen) atoms. The van der Waals surface area contributed by atoms with Crippen molar-refractivity contribution >= 4 is 33.0 Å². The highest BCUT2D eigenvalue weighted by molar-refractivity contribution is 7.93. The number of aromatic carboxylic acids is 1. The number of aromatic nitrogens is 1. The van der Waals surface area contributed by atoms with Crippen LogP contribution in [0.4, 0.5) is 10.1 Å². The number of sulfonamides is 1. The van der Waals surface area contributed by atoms with Crippen molar-refractivity contribution in [1.29, 1.82) is 0 Å². The molecule has 0 amide bonds. The zero-order valence-corrected chi connectivity index (χ0v) is 11.8. The summed E-state index contributed by atoms with van der Waals surface area (Å²) in [5.74, 6) is -2.03. The second-order valence-electron chi connectivity index (χ2n) is 3.80. The van der Waals surface area contributed by atoms with Crippen LogP contribution in [-0.4, -0.2) is 24.5 Å². The Morgan fingerprint density at radius 3 is 2.75 bits per heavy atom. The number of nitrogens with zero attached hydrogens (tertiary/aromatic N) is 1. The summed E-state index contributed by atoms with van der Waals surface area (Å²) in [4.78, 5) is 14.4. The molecule has 9 heteroatoms. The molecule has 0 spiro atoms. The average Bonchev–Trinajstić information content (AvgIpc) is 2.75. The fourth-order valence-corrected chi connectivity index (χ4v) is 3.99. The van der Waals surface area contributed by atoms with E-state index in [1.807, 2.05) is 0 Å². The van der Waals surface area contributed by atoms with Crippen molar-refractivity contribution in [2.24, 2.45) is 0 Å². The fraction of sp³-hybridized carbons (Fsp3) is 0.0909. The quantitative estimate of drug-likeness (QED) is 0.900. The lowest BCUT2D eigenvalue weighted by Gasteiger charge is -2.07. The molecule has 2 aromatic rings. The molecule has 2 rings (SSSR count). The van der Waals surface area contributed by atoms with Crippen molar-refractivity contribution in [1.82, 2.24) is 4.98 Å². The summed E-state index contributed by atoms with van der Waals surface area (Å²) in [5, 5.41) is 8.85. The second kappa shape index (κ2) is 5.17. The predicted octanol–water partition coefficient (Wildman–Crippen LogP) is 2.09. The molecule has 0 radical (unpaired) electrons. The van der Waals surface area contributed by atoms with Gasteiger partial charge in [0.05, 0.1) is 11.9 Å². The highest BCUT2D eigenvalue weighted by atomic mass is 32.2. The van der Waals surface area contributed by atoms with Crippen LogP contribution in [0.25, 0.3) is 0 Å². The number of nitrogens with one attached hydrogen (secondary N) is 1. The largest absolute Gasteiger partial charge is 0.477 e. The van der Waals surface area contributed by atoms with Gasteiger partial charge in [0.25, 0.3) is 10.0 Å². The van der Waals surface area contributed by atoms with Crippen LogP contribution < -0.4 is 4.72 Å². The van der Waals surface area contributed by atoms with E-state index in [1.54, 1.807) is 0 Å². The smallest absolute Gasteiger partial charge is 0.345 e. The topological polar surface area (TPSA) is 96.4 Å². The summed E-state index contributed by atoms with van der Waals surface area (Å²) in [7, 11) is -4.05. The van der Waals surface area contributed by atoms with E-state index in [0.717, 1.165) is 23.6 Å². The number of thiophene rings is 1. The first-order valence-electron chi connectivity index (χ1n) is 5.27. The minimum atomic E-state index is -4.05. The predicted molar refractivity (Wildman–Crippen MR) is 71.0 cm³/mol. The zero-order valence-electron chi connectivity index (χ0n) is 10.1. The van der Waals surface area contributed by atoms with E-state index >= 15 is 0 Å². The highest BCUT2D eigenvalue weighted by Gasteiger charge is 2.23. The summed E-state index contributed by atoms with van der Waals surface area (Å²) in [6.07, 6.45) is 2.12. The Balaban J connectivity index is 2.41. The molecular formula is C11H9FN2O4S2. The van der Waals surface area contributed by atoms with Crippen LogP contribution in [0.5, 0.6) is 0 Å². The average molecular weight is 316 g/mol. The van der Waals surface area contributed by atoms with Gasteiger partial charge in [0.1, 0.15) is 9.77 Å². The first-order valence-corrected chi connectivity index (χ1v) is 7.57. The first kappa shape index (κ1) is 14.4. The van der Waals surface area contributed by atoms with Crippen LogP contribution >= 0.6 is 11.3 Å². The SMILES string of the molecule is Cc1sc(C(=O)O)cc1S(=O)(=O)Nc1ccncc1F. The molecular weight excluding hydrogens is 307 g/mol. The van der Waals surface area contributed by atoms with Gasteiger partial charge >= 0.3 is 5.97 Å². The van der Waals surface area contributed by atoms with Crippen LogP contribution in [0.3, 0.4) is 0 Å². The lowest BCUT2D eigenvalue weighted by molar-refractivity contribution is 0.0702. The summed E-state index contributed by atoms with van der Waals surface area (Å²) in [5.41, 5.74) is -0.248. The van der Waals surface area contributed by atoms with Crippen LogP contribution in [0.2, 0.25) is 0 Å². The van der Waals surface area contributed by atoms with Gasteiger partial charge in [0, 0.05) is 11.1 Å². The third-order valence-corrected chi connectivity index (χ3v) is 5.05. The van der Waals surface area contributed by atoms with E-state index in [2.05, 4.69) is 9.71 Å². The van der Waals surface area contributed by atoms with Gasteiger partial charge in [-0.15, -0.1) is 11.3 Å². The first-order chi connectivity index (χ1) is 9.31. The Hall–Kier alpha value is -2.00. The van der Waals surface area contributed by atoms with Crippen molar-refractivity contribution < 1.29 is 22.7 Å². The van der Waals surface area contributed by atoms with E-state index in [9.17, 15) is 17.6 Å². The molecule has 0 saturated carbocycles. The van der Waals surface area contributed by atoms with Crippen LogP contribution in [0.15, 0.2) is 29.4 Å². The molecule has 0 atom stereocenters. The summed E-state index contributed by atoms with van der Waals surface area (Å²) in [6, 6.07) is 2.22. The molecule has 106 valence electrons. The number of anilines is 1. The molecule has 2 heterocycles. The molecule has 0 aromatic carbocycles. The lowest BCUT2D eigenvalue weighted by atomic mass is 10.4. The van der Waals surface area contributed by atoms with Crippen LogP contribution in [-0.2, 0) is 10.0 Å². The minimum Gasteiger partial charge on any atom is -0.477 e. The number of carbonyl (C=O) groups is 1. The standard InChI is InChI=1S/C11H9FN2O4S2/c1-6-10(4-9(19-6)11(15)16)20(17,18)14-8-2-3-13-5-7(8)12/h2-5H,1H3,(H,13,14)(H,15,16). The van der Waals surface area contributed by atoms with Gasteiger partial charge in [-0.3, -0.25) is 9.71 Å². The number of aryl methyl sites for hydroxylation is 1. The number of hydrogen-bond donors (Lipinski definition) is 2. The molecule has 2 aromatic heterocycles. The van der Waals surface area contributed by atoms with Gasteiger partial charge in [-0.2, -0.15) is 0 Å². The van der Waals surface area contributed by atoms with E-state index < -0.39 is 21.8 Å². The van der Waals surface area contributed by atoms with Crippen LogP contribution in [0, 0.1) is 12.7 Å². The fourth-order valence-electron chi connectivity index (χ4n) is 1.50. The number of rotatable bonds is 4. The van der Waals surface area contributed by atoms with Crippen LogP contribution in [0.1, 0.15) is 14.5 Å². The molecule has 0 aliphatic rings. The summed E-state index contributed by atoms with van der Waals surface area (Å²) >= 11 is 0.839. The monoisotopic (exact) mass is 316 g/mol. The van der Waals surface area contributed by atoms with E-state index in [0.29, 0.717) is 4.88 Å². The van der Waals surface area contributed by atoms with E-state index in [-0.39, 0.29) is 15.5 Å². The van der Waals surface area contributed by atoms with Gasteiger partial charge in [0.15, 0.2) is 5.82 Å². The van der Waals surface area contributed by atoms with Crippen molar-refractivity contribution in [3.63, 3.8) is 0 Å². The summed E-state index contributed by atoms with van der Waals surface area (Å²) in [6.45, 7) is 1.48. The zero-order chi connectivity index (χ0) is 14.9. The molecule has 0 aliphatic heterocycles. The third kappa shape index (κ3) is 2.78. The molecule has 0 unspecified atom stereocenters. The van der Waals surface area contributed by atoms with E-state index in [1.165, 1.54) is 19.2 Å². The second-order valence-corrected chi connectivity index (χ2v) is 6.70. The minimum absolute atomic E-state index is 0.0990. The van der Waals surface area contributed by atoms with Crippen molar-refractivity contribution in [2.45, 2.75) is 11.8 Å². The van der Waals surface area contributed by atoms with Gasteiger partial charge in [0.2, 0.25) is 0 Å². The normalized spacial score (nSPS) is 11.3. The number of carboxylic acids is 1. The number of pyridine rings is 1. The van der Waals surface area contributed by atoms with Gasteiger partial charge in [-0.25, -0.2) is 17.6 Å². The Kier molecular flexibility index (Phi) is 3.73. The van der Waals surface area contributed by atoms with Crippen molar-refractivity contribution in [3.05, 3.63) is 40.1 Å². The maximum absolute atomic E-state index is 13.4. The molecule has 0 saturated heterocycles. The number of halogens is 1. The number of hydrogen-bond acceptors (Lipinski definition) is 5. The third-order valence-electron chi connectivity index (χ3n) is 2.39. The van der Waals surface area contributed by atoms with Gasteiger partial charge < -0.3 is 5.11 Å². The molecule has 0 aliphatic carbocycles. The van der Waals surface area contributed by atoms with E-state index in [4.69, 9.17) is 5.11 Å². The Labute approximate surface area is 118 Å².